The Balaban J connectivity index is 1.16. The number of nitrogens with zero attached hydrogens (tertiary/aromatic N) is 4. The van der Waals surface area contributed by atoms with Crippen molar-refractivity contribution in [3.63, 3.8) is 0 Å². The number of aromatic nitrogens is 3. The number of methoxy groups -OCH3 is 1. The number of aliphatic hydroxyl groups excluding tert-OH is 1. The Morgan fingerprint density at radius 1 is 0.940 bits per heavy atom. The first-order valence-corrected chi connectivity index (χ1v) is 20.0. The van der Waals surface area contributed by atoms with Gasteiger partial charge in [-0.2, -0.15) is 0 Å². The van der Waals surface area contributed by atoms with Crippen molar-refractivity contribution in [3.8, 4) is 17.2 Å². The van der Waals surface area contributed by atoms with Crippen LogP contribution in [-0.4, -0.2) is 58.9 Å². The van der Waals surface area contributed by atoms with E-state index < -0.39 is 8.32 Å². The highest BCUT2D eigenvalue weighted by Crippen LogP contribution is 2.49. The quantitative estimate of drug-likeness (QED) is 0.147. The Bertz CT molecular complexity index is 1980. The smallest absolute Gasteiger partial charge is 0.266 e. The fourth-order valence-corrected chi connectivity index (χ4v) is 9.41. The molecule has 1 aromatic heterocycles. The summed E-state index contributed by atoms with van der Waals surface area (Å²) in [4.78, 5) is 27.4. The molecule has 5 atom stereocenters. The van der Waals surface area contributed by atoms with Gasteiger partial charge in [0.25, 0.3) is 5.91 Å². The Labute approximate surface area is 293 Å². The van der Waals surface area contributed by atoms with E-state index in [1.165, 1.54) is 0 Å². The molecule has 0 bridgehead atoms. The molecule has 258 valence electrons. The van der Waals surface area contributed by atoms with Crippen LogP contribution < -0.4 is 14.4 Å². The largest absolute Gasteiger partial charge is 0.490 e. The van der Waals surface area contributed by atoms with Crippen molar-refractivity contribution in [2.75, 3.05) is 18.6 Å². The molecule has 7 rings (SSSR count). The number of benzene rings is 4. The molecule has 0 radical (unpaired) electrons. The summed E-state index contributed by atoms with van der Waals surface area (Å²) in [6, 6.07) is 30.3. The molecule has 4 aromatic carbocycles. The zero-order valence-electron chi connectivity index (χ0n) is 28.6. The summed E-state index contributed by atoms with van der Waals surface area (Å²) in [6.07, 6.45) is 1.81. The normalized spacial score (nSPS) is 19.7. The third-order valence-corrected chi connectivity index (χ3v) is 12.4. The molecule has 2 aliphatic heterocycles. The molecule has 2 unspecified atom stereocenters. The number of aryl methyl sites for hydroxylation is 1. The Morgan fingerprint density at radius 3 is 2.40 bits per heavy atom. The summed E-state index contributed by atoms with van der Waals surface area (Å²) in [5.41, 5.74) is 4.13. The molecule has 3 heterocycles. The van der Waals surface area contributed by atoms with E-state index in [2.05, 4.69) is 17.2 Å². The Morgan fingerprint density at radius 2 is 1.66 bits per heavy atom. The van der Waals surface area contributed by atoms with Gasteiger partial charge in [-0.1, -0.05) is 66.7 Å². The van der Waals surface area contributed by atoms with Gasteiger partial charge in [0.1, 0.15) is 17.6 Å². The summed E-state index contributed by atoms with van der Waals surface area (Å²) in [7, 11) is -1.09. The van der Waals surface area contributed by atoms with E-state index in [1.54, 1.807) is 28.8 Å². The van der Waals surface area contributed by atoms with Crippen molar-refractivity contribution in [1.82, 2.24) is 15.0 Å². The molecule has 0 spiro atoms. The first kappa shape index (κ1) is 33.7. The summed E-state index contributed by atoms with van der Waals surface area (Å²) >= 11 is 0. The van der Waals surface area contributed by atoms with Gasteiger partial charge in [-0.25, -0.2) is 0 Å². The van der Waals surface area contributed by atoms with Crippen molar-refractivity contribution in [1.29, 1.82) is 0 Å². The third kappa shape index (κ3) is 6.33. The van der Waals surface area contributed by atoms with Crippen molar-refractivity contribution in [2.24, 2.45) is 5.92 Å². The first-order chi connectivity index (χ1) is 24.2. The topological polar surface area (TPSA) is 119 Å². The summed E-state index contributed by atoms with van der Waals surface area (Å²) < 4.78 is 20.9. The summed E-state index contributed by atoms with van der Waals surface area (Å²) in [5, 5.41) is 18.9. The fraction of sp³-hybridized carbons (Fsp3) is 0.308. The van der Waals surface area contributed by atoms with Gasteiger partial charge in [-0.05, 0) is 67.5 Å². The number of aliphatic hydroxyl groups is 1. The Hall–Kier alpha value is -4.81. The molecular weight excluding hydrogens is 649 g/mol. The molecule has 0 fully saturated rings. The van der Waals surface area contributed by atoms with E-state index in [4.69, 9.17) is 14.2 Å². The van der Waals surface area contributed by atoms with Crippen molar-refractivity contribution in [2.45, 2.75) is 56.7 Å². The molecule has 5 aromatic rings. The zero-order valence-corrected chi connectivity index (χ0v) is 29.6. The van der Waals surface area contributed by atoms with Crippen LogP contribution in [0.2, 0.25) is 18.6 Å². The Kier molecular flexibility index (Phi) is 9.32. The monoisotopic (exact) mass is 690 g/mol. The zero-order chi connectivity index (χ0) is 35.0. The maximum atomic E-state index is 14.1. The summed E-state index contributed by atoms with van der Waals surface area (Å²) in [5.74, 6) is 1.17. The third-order valence-electron chi connectivity index (χ3n) is 9.99. The number of fused-ring (bicyclic) bond motifs is 3. The standard InChI is InChI=1S/C39H42N4O6Si/c1-25-37(47-2)29-22-27(43-32-15-9-11-17-35(32)48-33-16-10-8-14-28(33)39(43)45)18-19-34(29)49-38(25)36(50(3,4)46)20-21-42-23-31(40-41-42)30(24-44)26-12-6-5-7-13-26/h5-19,22-23,25,30,36-38,44,46H,20-21,24H2,1-4H3/t25-,30?,36?,37-,38-/m1/s1. The van der Waals surface area contributed by atoms with E-state index >= 15 is 0 Å². The minimum absolute atomic E-state index is 0.0750. The second kappa shape index (κ2) is 13.8. The van der Waals surface area contributed by atoms with E-state index in [0.29, 0.717) is 52.8 Å². The highest BCUT2D eigenvalue weighted by molar-refractivity contribution is 6.71. The number of hydrogen-bond acceptors (Lipinski definition) is 8. The minimum Gasteiger partial charge on any atom is -0.490 e. The lowest BCUT2D eigenvalue weighted by Gasteiger charge is -2.44. The lowest BCUT2D eigenvalue weighted by atomic mass is 9.86. The first-order valence-electron chi connectivity index (χ1n) is 17.0. The fourth-order valence-electron chi connectivity index (χ4n) is 7.40. The van der Waals surface area contributed by atoms with Gasteiger partial charge in [0.15, 0.2) is 14.1 Å². The van der Waals surface area contributed by atoms with Gasteiger partial charge in [0.05, 0.1) is 41.3 Å². The minimum atomic E-state index is -2.78. The maximum Gasteiger partial charge on any atom is 0.266 e. The van der Waals surface area contributed by atoms with Crippen LogP contribution >= 0.6 is 0 Å². The van der Waals surface area contributed by atoms with Crippen molar-refractivity contribution < 1.29 is 28.9 Å². The number of hydrogen-bond donors (Lipinski definition) is 2. The van der Waals surface area contributed by atoms with Crippen LogP contribution in [0.4, 0.5) is 11.4 Å². The van der Waals surface area contributed by atoms with Crippen molar-refractivity contribution >= 4 is 25.6 Å². The number of carbonyl (C=O) groups is 1. The van der Waals surface area contributed by atoms with Crippen LogP contribution in [0.15, 0.2) is 103 Å². The van der Waals surface area contributed by atoms with Crippen LogP contribution in [-0.2, 0) is 11.3 Å². The van der Waals surface area contributed by atoms with Crippen LogP contribution in [0, 0.1) is 5.92 Å². The van der Waals surface area contributed by atoms with E-state index in [9.17, 15) is 14.7 Å². The lowest BCUT2D eigenvalue weighted by Crippen LogP contribution is -2.48. The number of para-hydroxylation sites is 3. The predicted molar refractivity (Wildman–Crippen MR) is 193 cm³/mol. The average molecular weight is 691 g/mol. The molecule has 11 heteroatoms. The maximum absolute atomic E-state index is 14.1. The number of amides is 1. The number of rotatable bonds is 10. The van der Waals surface area contributed by atoms with Crippen LogP contribution in [0.5, 0.6) is 17.2 Å². The summed E-state index contributed by atoms with van der Waals surface area (Å²) in [6.45, 7) is 6.43. The SMILES string of the molecule is CO[C@H]1c2cc(N3C(=O)c4ccccc4Oc4ccccc43)ccc2O[C@@H](C(CCn2cc(C(CO)c3ccccc3)nn2)[Si](C)(C)O)[C@@H]1C. The van der Waals surface area contributed by atoms with Crippen LogP contribution in [0.1, 0.15) is 52.5 Å². The molecule has 50 heavy (non-hydrogen) atoms. The second-order valence-electron chi connectivity index (χ2n) is 13.6. The van der Waals surface area contributed by atoms with Gasteiger partial charge in [-0.15, -0.1) is 5.10 Å². The number of carbonyl (C=O) groups excluding carboxylic acids is 1. The molecule has 2 N–H and O–H groups in total. The molecule has 0 aliphatic carbocycles. The molecule has 10 nitrogen and oxygen atoms in total. The highest BCUT2D eigenvalue weighted by atomic mass is 28.4. The van der Waals surface area contributed by atoms with Gasteiger partial charge in [-0.3, -0.25) is 14.4 Å². The predicted octanol–water partition coefficient (Wildman–Crippen LogP) is 7.23. The van der Waals surface area contributed by atoms with Crippen molar-refractivity contribution in [3.05, 3.63) is 126 Å². The lowest BCUT2D eigenvalue weighted by molar-refractivity contribution is -0.0247. The number of anilines is 2. The highest BCUT2D eigenvalue weighted by Gasteiger charge is 2.46. The van der Waals surface area contributed by atoms with Gasteiger partial charge in [0, 0.05) is 36.9 Å². The van der Waals surface area contributed by atoms with E-state index in [1.807, 2.05) is 104 Å². The van der Waals surface area contributed by atoms with Crippen LogP contribution in [0.3, 0.4) is 0 Å². The second-order valence-corrected chi connectivity index (χ2v) is 17.7. The van der Waals surface area contributed by atoms with Gasteiger partial charge < -0.3 is 24.1 Å². The molecule has 2 aliphatic rings. The molecule has 1 amide bonds. The molecule has 0 saturated heterocycles. The van der Waals surface area contributed by atoms with Gasteiger partial charge in [0.2, 0.25) is 0 Å². The molecular formula is C39H42N4O6Si. The average Bonchev–Trinajstić information content (AvgIpc) is 3.53. The van der Waals surface area contributed by atoms with Gasteiger partial charge >= 0.3 is 0 Å². The van der Waals surface area contributed by atoms with E-state index in [0.717, 1.165) is 11.1 Å². The molecule has 0 saturated carbocycles. The van der Waals surface area contributed by atoms with Crippen LogP contribution in [0.25, 0.3) is 0 Å². The van der Waals surface area contributed by atoms with E-state index in [-0.39, 0.29) is 42.1 Å². The number of ether oxygens (including phenoxy) is 3.